The molecule has 0 radical (unpaired) electrons. The maximum atomic E-state index is 10.0. The molecule has 3 N–H and O–H groups in total. The lowest BCUT2D eigenvalue weighted by molar-refractivity contribution is 0.454. The SMILES string of the molecule is CNc1nc(-c2ccccc2O)cc(C2CCCNC2)n1. The third-order valence-electron chi connectivity index (χ3n) is 3.86. The Balaban J connectivity index is 2.02. The van der Waals surface area contributed by atoms with Gasteiger partial charge in [0.25, 0.3) is 0 Å². The molecule has 2 heterocycles. The molecule has 1 atom stereocenters. The molecule has 5 nitrogen and oxygen atoms in total. The van der Waals surface area contributed by atoms with Crippen molar-refractivity contribution < 1.29 is 5.11 Å². The fraction of sp³-hybridized carbons (Fsp3) is 0.375. The molecule has 3 rings (SSSR count). The first-order valence-corrected chi connectivity index (χ1v) is 7.34. The topological polar surface area (TPSA) is 70.1 Å². The zero-order chi connectivity index (χ0) is 14.7. The standard InChI is InChI=1S/C16H20N4O/c1-17-16-19-13(11-5-4-8-18-10-11)9-14(20-16)12-6-2-3-7-15(12)21/h2-3,6-7,9,11,18,21H,4-5,8,10H2,1H3,(H,17,19,20). The van der Waals surface area contributed by atoms with Crippen LogP contribution >= 0.6 is 0 Å². The summed E-state index contributed by atoms with van der Waals surface area (Å²) in [5.74, 6) is 1.24. The van der Waals surface area contributed by atoms with Gasteiger partial charge in [-0.2, -0.15) is 0 Å². The Morgan fingerprint density at radius 1 is 1.29 bits per heavy atom. The Hall–Kier alpha value is -2.14. The molecule has 1 aromatic carbocycles. The smallest absolute Gasteiger partial charge is 0.223 e. The van der Waals surface area contributed by atoms with Gasteiger partial charge in [-0.1, -0.05) is 12.1 Å². The Morgan fingerprint density at radius 2 is 2.14 bits per heavy atom. The van der Waals surface area contributed by atoms with E-state index in [-0.39, 0.29) is 5.75 Å². The fourth-order valence-corrected chi connectivity index (χ4v) is 2.72. The maximum Gasteiger partial charge on any atom is 0.223 e. The highest BCUT2D eigenvalue weighted by molar-refractivity contribution is 5.67. The van der Waals surface area contributed by atoms with E-state index in [0.717, 1.165) is 42.9 Å². The quantitative estimate of drug-likeness (QED) is 0.807. The molecule has 1 fully saturated rings. The second-order valence-electron chi connectivity index (χ2n) is 5.31. The van der Waals surface area contributed by atoms with Crippen molar-refractivity contribution in [2.75, 3.05) is 25.5 Å². The van der Waals surface area contributed by atoms with Crippen LogP contribution in [0.4, 0.5) is 5.95 Å². The largest absolute Gasteiger partial charge is 0.507 e. The zero-order valence-electron chi connectivity index (χ0n) is 12.1. The molecule has 2 aromatic rings. The fourth-order valence-electron chi connectivity index (χ4n) is 2.72. The average Bonchev–Trinajstić information content (AvgIpc) is 2.55. The molecular weight excluding hydrogens is 264 g/mol. The summed E-state index contributed by atoms with van der Waals surface area (Å²) in [7, 11) is 1.81. The summed E-state index contributed by atoms with van der Waals surface area (Å²) in [5.41, 5.74) is 2.52. The lowest BCUT2D eigenvalue weighted by atomic mass is 9.95. The minimum absolute atomic E-state index is 0.242. The number of anilines is 1. The molecule has 5 heteroatoms. The van der Waals surface area contributed by atoms with E-state index in [1.165, 1.54) is 0 Å². The summed E-state index contributed by atoms with van der Waals surface area (Å²) >= 11 is 0. The molecule has 1 aliphatic rings. The number of rotatable bonds is 3. The Labute approximate surface area is 124 Å². The van der Waals surface area contributed by atoms with E-state index in [9.17, 15) is 5.11 Å². The molecule has 1 saturated heterocycles. The predicted octanol–water partition coefficient (Wildman–Crippen LogP) is 2.36. The number of para-hydroxylation sites is 1. The maximum absolute atomic E-state index is 10.0. The van der Waals surface area contributed by atoms with Crippen LogP contribution in [-0.2, 0) is 0 Å². The van der Waals surface area contributed by atoms with Crippen LogP contribution in [0.5, 0.6) is 5.75 Å². The second kappa shape index (κ2) is 6.10. The van der Waals surface area contributed by atoms with E-state index in [1.54, 1.807) is 6.07 Å². The number of nitrogens with zero attached hydrogens (tertiary/aromatic N) is 2. The predicted molar refractivity (Wildman–Crippen MR) is 83.5 cm³/mol. The third kappa shape index (κ3) is 2.97. The van der Waals surface area contributed by atoms with Crippen molar-refractivity contribution in [3.8, 4) is 17.0 Å². The number of phenolic OH excluding ortho intramolecular Hbond substituents is 1. The van der Waals surface area contributed by atoms with E-state index in [1.807, 2.05) is 31.3 Å². The molecule has 1 aliphatic heterocycles. The molecule has 0 aliphatic carbocycles. The summed E-state index contributed by atoms with van der Waals surface area (Å²) in [6, 6.07) is 9.26. The molecule has 1 unspecified atom stereocenters. The highest BCUT2D eigenvalue weighted by Gasteiger charge is 2.19. The number of hydrogen-bond donors (Lipinski definition) is 3. The van der Waals surface area contributed by atoms with Crippen LogP contribution in [-0.4, -0.2) is 35.2 Å². The van der Waals surface area contributed by atoms with Gasteiger partial charge in [0.05, 0.1) is 11.4 Å². The van der Waals surface area contributed by atoms with Crippen LogP contribution in [0, 0.1) is 0 Å². The minimum Gasteiger partial charge on any atom is -0.507 e. The first-order valence-electron chi connectivity index (χ1n) is 7.34. The Bertz CT molecular complexity index is 623. The molecule has 21 heavy (non-hydrogen) atoms. The van der Waals surface area contributed by atoms with Crippen LogP contribution in [0.25, 0.3) is 11.3 Å². The van der Waals surface area contributed by atoms with E-state index < -0.39 is 0 Å². The monoisotopic (exact) mass is 284 g/mol. The van der Waals surface area contributed by atoms with Gasteiger partial charge in [0.2, 0.25) is 5.95 Å². The number of benzene rings is 1. The Kier molecular flexibility index (Phi) is 4.01. The molecule has 1 aromatic heterocycles. The van der Waals surface area contributed by atoms with Gasteiger partial charge in [-0.25, -0.2) is 9.97 Å². The summed E-state index contributed by atoms with van der Waals surface area (Å²) in [6.45, 7) is 2.02. The highest BCUT2D eigenvalue weighted by atomic mass is 16.3. The van der Waals surface area contributed by atoms with Crippen LogP contribution in [0.15, 0.2) is 30.3 Å². The van der Waals surface area contributed by atoms with Gasteiger partial charge in [-0.15, -0.1) is 0 Å². The number of aromatic hydroxyl groups is 1. The third-order valence-corrected chi connectivity index (χ3v) is 3.86. The number of aromatic nitrogens is 2. The molecule has 0 saturated carbocycles. The summed E-state index contributed by atoms with van der Waals surface area (Å²) in [5, 5.41) is 16.5. The van der Waals surface area contributed by atoms with Crippen molar-refractivity contribution in [1.29, 1.82) is 0 Å². The van der Waals surface area contributed by atoms with Gasteiger partial charge in [0.15, 0.2) is 0 Å². The van der Waals surface area contributed by atoms with Crippen molar-refractivity contribution in [3.05, 3.63) is 36.0 Å². The van der Waals surface area contributed by atoms with Crippen LogP contribution in [0.1, 0.15) is 24.5 Å². The highest BCUT2D eigenvalue weighted by Crippen LogP contribution is 2.31. The van der Waals surface area contributed by atoms with Crippen molar-refractivity contribution in [3.63, 3.8) is 0 Å². The molecule has 0 bridgehead atoms. The van der Waals surface area contributed by atoms with Crippen LogP contribution in [0.2, 0.25) is 0 Å². The number of phenols is 1. The number of piperidine rings is 1. The summed E-state index contributed by atoms with van der Waals surface area (Å²) in [4.78, 5) is 9.06. The molecule has 110 valence electrons. The summed E-state index contributed by atoms with van der Waals surface area (Å²) in [6.07, 6.45) is 2.29. The van der Waals surface area contributed by atoms with Crippen LogP contribution in [0.3, 0.4) is 0 Å². The lowest BCUT2D eigenvalue weighted by Gasteiger charge is -2.23. The normalized spacial score (nSPS) is 18.4. The van der Waals surface area contributed by atoms with Gasteiger partial charge < -0.3 is 15.7 Å². The first-order chi connectivity index (χ1) is 10.3. The van der Waals surface area contributed by atoms with Gasteiger partial charge in [-0.05, 0) is 37.6 Å². The second-order valence-corrected chi connectivity index (χ2v) is 5.31. The summed E-state index contributed by atoms with van der Waals surface area (Å²) < 4.78 is 0. The van der Waals surface area contributed by atoms with Crippen LogP contribution < -0.4 is 10.6 Å². The average molecular weight is 284 g/mol. The van der Waals surface area contributed by atoms with Crippen molar-refractivity contribution in [2.45, 2.75) is 18.8 Å². The zero-order valence-corrected chi connectivity index (χ0v) is 12.1. The number of nitrogens with one attached hydrogen (secondary N) is 2. The molecule has 0 spiro atoms. The van der Waals surface area contributed by atoms with E-state index in [0.29, 0.717) is 11.9 Å². The van der Waals surface area contributed by atoms with Gasteiger partial charge >= 0.3 is 0 Å². The first kappa shape index (κ1) is 13.8. The van der Waals surface area contributed by atoms with Crippen molar-refractivity contribution in [1.82, 2.24) is 15.3 Å². The molecular formula is C16H20N4O. The van der Waals surface area contributed by atoms with E-state index in [2.05, 4.69) is 20.6 Å². The lowest BCUT2D eigenvalue weighted by Crippen LogP contribution is -2.29. The Morgan fingerprint density at radius 3 is 2.86 bits per heavy atom. The number of hydrogen-bond acceptors (Lipinski definition) is 5. The van der Waals surface area contributed by atoms with E-state index in [4.69, 9.17) is 0 Å². The van der Waals surface area contributed by atoms with Gasteiger partial charge in [0, 0.05) is 25.1 Å². The molecule has 0 amide bonds. The minimum atomic E-state index is 0.242. The van der Waals surface area contributed by atoms with Crippen molar-refractivity contribution >= 4 is 5.95 Å². The van der Waals surface area contributed by atoms with Gasteiger partial charge in [-0.3, -0.25) is 0 Å². The van der Waals surface area contributed by atoms with E-state index >= 15 is 0 Å². The van der Waals surface area contributed by atoms with Crippen molar-refractivity contribution in [2.24, 2.45) is 0 Å². The van der Waals surface area contributed by atoms with Gasteiger partial charge in [0.1, 0.15) is 5.75 Å².